The number of methoxy groups -OCH3 is 1. The van der Waals surface area contributed by atoms with Crippen LogP contribution in [0.25, 0.3) is 0 Å². The van der Waals surface area contributed by atoms with Gasteiger partial charge in [0.2, 0.25) is 0 Å². The number of aromatic nitrogens is 3. The number of amides is 1. The highest BCUT2D eigenvalue weighted by Crippen LogP contribution is 2.18. The van der Waals surface area contributed by atoms with E-state index in [-0.39, 0.29) is 5.91 Å². The predicted octanol–water partition coefficient (Wildman–Crippen LogP) is 2.67. The molecule has 1 aromatic heterocycles. The molecule has 0 aliphatic heterocycles. The Labute approximate surface area is 150 Å². The number of ether oxygens (including phenoxy) is 1. The van der Waals surface area contributed by atoms with Crippen molar-refractivity contribution in [2.24, 2.45) is 0 Å². The molecule has 0 fully saturated rings. The molecule has 1 heterocycles. The molecule has 1 amide bonds. The van der Waals surface area contributed by atoms with Gasteiger partial charge in [-0.1, -0.05) is 17.7 Å². The second-order valence-electron chi connectivity index (χ2n) is 5.82. The van der Waals surface area contributed by atoms with Crippen molar-refractivity contribution >= 4 is 17.6 Å². The third-order valence-electron chi connectivity index (χ3n) is 3.80. The maximum absolute atomic E-state index is 12.4. The van der Waals surface area contributed by atoms with Crippen LogP contribution in [-0.2, 0) is 11.3 Å². The van der Waals surface area contributed by atoms with Crippen LogP contribution in [0.1, 0.15) is 31.8 Å². The van der Waals surface area contributed by atoms with Crippen LogP contribution in [0.5, 0.6) is 0 Å². The highest BCUT2D eigenvalue weighted by Gasteiger charge is 2.12. The molecule has 0 saturated heterocycles. The zero-order valence-electron chi connectivity index (χ0n) is 14.5. The third-order valence-corrected chi connectivity index (χ3v) is 3.80. The van der Waals surface area contributed by atoms with Crippen molar-refractivity contribution in [3.8, 4) is 0 Å². The summed E-state index contributed by atoms with van der Waals surface area (Å²) in [5.74, 6) is -0.727. The monoisotopic (exact) mass is 350 g/mol. The van der Waals surface area contributed by atoms with Gasteiger partial charge in [0.15, 0.2) is 0 Å². The number of hydrogen-bond donors (Lipinski definition) is 1. The van der Waals surface area contributed by atoms with Gasteiger partial charge in [0.05, 0.1) is 19.2 Å². The molecular formula is C19H18N4O3. The smallest absolute Gasteiger partial charge is 0.337 e. The van der Waals surface area contributed by atoms with Gasteiger partial charge in [-0.2, -0.15) is 5.10 Å². The maximum Gasteiger partial charge on any atom is 0.337 e. The van der Waals surface area contributed by atoms with E-state index in [4.69, 9.17) is 4.74 Å². The molecule has 0 unspecified atom stereocenters. The molecule has 132 valence electrons. The van der Waals surface area contributed by atoms with Crippen molar-refractivity contribution in [1.82, 2.24) is 14.8 Å². The average molecular weight is 350 g/mol. The minimum absolute atomic E-state index is 0.251. The largest absolute Gasteiger partial charge is 0.465 e. The second kappa shape index (κ2) is 7.60. The number of esters is 1. The van der Waals surface area contributed by atoms with E-state index in [1.54, 1.807) is 41.3 Å². The lowest BCUT2D eigenvalue weighted by Gasteiger charge is -2.11. The SMILES string of the molecule is COC(=O)c1cc(Cn2cncn2)cc(NC(=O)c2ccc(C)cc2)c1. The fraction of sp³-hybridized carbons (Fsp3) is 0.158. The molecule has 0 aliphatic rings. The van der Waals surface area contributed by atoms with Crippen molar-refractivity contribution in [3.63, 3.8) is 0 Å². The van der Waals surface area contributed by atoms with E-state index in [9.17, 15) is 9.59 Å². The van der Waals surface area contributed by atoms with E-state index in [2.05, 4.69) is 15.4 Å². The third kappa shape index (κ3) is 4.13. The Kier molecular flexibility index (Phi) is 5.07. The minimum Gasteiger partial charge on any atom is -0.465 e. The topological polar surface area (TPSA) is 86.1 Å². The van der Waals surface area contributed by atoms with Crippen LogP contribution >= 0.6 is 0 Å². The molecule has 26 heavy (non-hydrogen) atoms. The van der Waals surface area contributed by atoms with E-state index >= 15 is 0 Å². The summed E-state index contributed by atoms with van der Waals surface area (Å²) in [4.78, 5) is 28.3. The van der Waals surface area contributed by atoms with Crippen LogP contribution in [0.2, 0.25) is 0 Å². The van der Waals surface area contributed by atoms with Gasteiger partial charge < -0.3 is 10.1 Å². The Balaban J connectivity index is 1.88. The molecule has 3 aromatic rings. The molecule has 3 rings (SSSR count). The number of nitrogens with zero attached hydrogens (tertiary/aromatic N) is 3. The van der Waals surface area contributed by atoms with Crippen molar-refractivity contribution in [2.45, 2.75) is 13.5 Å². The summed E-state index contributed by atoms with van der Waals surface area (Å²) < 4.78 is 6.42. The summed E-state index contributed by atoms with van der Waals surface area (Å²) in [6.45, 7) is 2.37. The second-order valence-corrected chi connectivity index (χ2v) is 5.82. The van der Waals surface area contributed by atoms with E-state index in [0.29, 0.717) is 23.4 Å². The van der Waals surface area contributed by atoms with Crippen LogP contribution in [0.4, 0.5) is 5.69 Å². The highest BCUT2D eigenvalue weighted by molar-refractivity contribution is 6.05. The van der Waals surface area contributed by atoms with Crippen LogP contribution < -0.4 is 5.32 Å². The van der Waals surface area contributed by atoms with Crippen molar-refractivity contribution in [3.05, 3.63) is 77.4 Å². The molecule has 7 heteroatoms. The van der Waals surface area contributed by atoms with Crippen molar-refractivity contribution in [1.29, 1.82) is 0 Å². The molecule has 1 N–H and O–H groups in total. The Morgan fingerprint density at radius 1 is 1.12 bits per heavy atom. The van der Waals surface area contributed by atoms with E-state index in [0.717, 1.165) is 11.1 Å². The fourth-order valence-corrected chi connectivity index (χ4v) is 2.50. The number of carbonyl (C=O) groups excluding carboxylic acids is 2. The van der Waals surface area contributed by atoms with Crippen LogP contribution in [0.15, 0.2) is 55.1 Å². The van der Waals surface area contributed by atoms with E-state index in [1.165, 1.54) is 13.4 Å². The van der Waals surface area contributed by atoms with Gasteiger partial charge in [-0.05, 0) is 42.8 Å². The molecule has 0 spiro atoms. The Morgan fingerprint density at radius 2 is 1.88 bits per heavy atom. The molecule has 0 saturated carbocycles. The molecule has 0 radical (unpaired) electrons. The summed E-state index contributed by atoms with van der Waals surface area (Å²) in [6, 6.07) is 12.3. The number of aryl methyl sites for hydroxylation is 1. The number of nitrogens with one attached hydrogen (secondary N) is 1. The summed E-state index contributed by atoms with van der Waals surface area (Å²) in [5, 5.41) is 6.88. The number of hydrogen-bond acceptors (Lipinski definition) is 5. The van der Waals surface area contributed by atoms with Gasteiger partial charge in [-0.25, -0.2) is 14.5 Å². The van der Waals surface area contributed by atoms with Crippen molar-refractivity contribution < 1.29 is 14.3 Å². The number of benzene rings is 2. The lowest BCUT2D eigenvalue weighted by molar-refractivity contribution is 0.0600. The first-order valence-corrected chi connectivity index (χ1v) is 7.98. The van der Waals surface area contributed by atoms with Gasteiger partial charge in [0.25, 0.3) is 5.91 Å². The lowest BCUT2D eigenvalue weighted by atomic mass is 10.1. The fourth-order valence-electron chi connectivity index (χ4n) is 2.50. The molecule has 0 atom stereocenters. The Hall–Kier alpha value is -3.48. The van der Waals surface area contributed by atoms with Gasteiger partial charge in [0, 0.05) is 11.3 Å². The first-order valence-electron chi connectivity index (χ1n) is 7.98. The number of anilines is 1. The Bertz CT molecular complexity index is 918. The van der Waals surface area contributed by atoms with Crippen LogP contribution in [-0.4, -0.2) is 33.8 Å². The highest BCUT2D eigenvalue weighted by atomic mass is 16.5. The van der Waals surface area contributed by atoms with Gasteiger partial charge >= 0.3 is 5.97 Å². The standard InChI is InChI=1S/C19H18N4O3/c1-13-3-5-15(6-4-13)18(24)22-17-8-14(10-23-12-20-11-21-23)7-16(9-17)19(25)26-2/h3-9,11-12H,10H2,1-2H3,(H,22,24). The molecule has 0 aliphatic carbocycles. The number of carbonyl (C=O) groups is 2. The summed E-state index contributed by atoms with van der Waals surface area (Å²) >= 11 is 0. The molecular weight excluding hydrogens is 332 g/mol. The van der Waals surface area contributed by atoms with Gasteiger partial charge in [-0.3, -0.25) is 4.79 Å². The maximum atomic E-state index is 12.4. The lowest BCUT2D eigenvalue weighted by Crippen LogP contribution is -2.13. The Morgan fingerprint density at radius 3 is 2.54 bits per heavy atom. The molecule has 0 bridgehead atoms. The number of rotatable bonds is 5. The summed E-state index contributed by atoms with van der Waals surface area (Å²) in [7, 11) is 1.32. The van der Waals surface area contributed by atoms with Gasteiger partial charge in [-0.15, -0.1) is 0 Å². The summed E-state index contributed by atoms with van der Waals surface area (Å²) in [5.41, 5.74) is 3.26. The molecule has 2 aromatic carbocycles. The van der Waals surface area contributed by atoms with Crippen molar-refractivity contribution in [2.75, 3.05) is 12.4 Å². The predicted molar refractivity (Wildman–Crippen MR) is 96.0 cm³/mol. The quantitative estimate of drug-likeness (QED) is 0.715. The first kappa shape index (κ1) is 17.3. The van der Waals surface area contributed by atoms with Crippen LogP contribution in [0.3, 0.4) is 0 Å². The van der Waals surface area contributed by atoms with E-state index < -0.39 is 5.97 Å². The zero-order chi connectivity index (χ0) is 18.5. The zero-order valence-corrected chi connectivity index (χ0v) is 14.5. The van der Waals surface area contributed by atoms with Gasteiger partial charge in [0.1, 0.15) is 12.7 Å². The normalized spacial score (nSPS) is 10.4. The van der Waals surface area contributed by atoms with Crippen LogP contribution in [0, 0.1) is 6.92 Å². The average Bonchev–Trinajstić information content (AvgIpc) is 3.14. The summed E-state index contributed by atoms with van der Waals surface area (Å²) in [6.07, 6.45) is 3.01. The van der Waals surface area contributed by atoms with E-state index in [1.807, 2.05) is 19.1 Å². The molecule has 7 nitrogen and oxygen atoms in total. The minimum atomic E-state index is -0.476. The first-order chi connectivity index (χ1) is 12.5.